The predicted molar refractivity (Wildman–Crippen MR) is 76.7 cm³/mol. The highest BCUT2D eigenvalue weighted by atomic mass is 32.2. The van der Waals surface area contributed by atoms with Crippen molar-refractivity contribution in [2.75, 3.05) is 31.6 Å². The molecule has 19 heavy (non-hydrogen) atoms. The Bertz CT molecular complexity index is 467. The number of nitrogens with zero attached hydrogens (tertiary/aromatic N) is 1. The lowest BCUT2D eigenvalue weighted by molar-refractivity contribution is 0.292. The average Bonchev–Trinajstić information content (AvgIpc) is 2.41. The minimum absolute atomic E-state index is 0.140. The van der Waals surface area contributed by atoms with Gasteiger partial charge >= 0.3 is 0 Å². The zero-order valence-corrected chi connectivity index (χ0v) is 12.3. The fraction of sp³-hybridized carbons (Fsp3) is 0.538. The lowest BCUT2D eigenvalue weighted by Crippen LogP contribution is -2.30. The van der Waals surface area contributed by atoms with Crippen LogP contribution in [0.4, 0.5) is 5.69 Å². The number of sulfonamides is 1. The fourth-order valence-electron chi connectivity index (χ4n) is 1.77. The molecule has 0 aliphatic heterocycles. The molecule has 0 heterocycles. The number of hydrogen-bond acceptors (Lipinski definition) is 4. The van der Waals surface area contributed by atoms with Crippen molar-refractivity contribution >= 4 is 15.7 Å². The monoisotopic (exact) mass is 286 g/mol. The van der Waals surface area contributed by atoms with Crippen LogP contribution in [0, 0.1) is 0 Å². The molecule has 0 amide bonds. The van der Waals surface area contributed by atoms with Gasteiger partial charge in [0, 0.05) is 31.9 Å². The van der Waals surface area contributed by atoms with E-state index in [2.05, 4.69) is 5.32 Å². The van der Waals surface area contributed by atoms with E-state index in [1.807, 2.05) is 13.8 Å². The van der Waals surface area contributed by atoms with Crippen molar-refractivity contribution in [2.45, 2.75) is 25.2 Å². The van der Waals surface area contributed by atoms with Crippen molar-refractivity contribution in [3.63, 3.8) is 0 Å². The maximum Gasteiger partial charge on any atom is 0.243 e. The molecule has 0 saturated carbocycles. The van der Waals surface area contributed by atoms with Crippen LogP contribution in [0.5, 0.6) is 0 Å². The summed E-state index contributed by atoms with van der Waals surface area (Å²) < 4.78 is 25.9. The molecule has 108 valence electrons. The van der Waals surface area contributed by atoms with Crippen molar-refractivity contribution in [1.82, 2.24) is 4.31 Å². The zero-order chi connectivity index (χ0) is 14.3. The van der Waals surface area contributed by atoms with Crippen molar-refractivity contribution < 1.29 is 13.5 Å². The number of benzene rings is 1. The summed E-state index contributed by atoms with van der Waals surface area (Å²) in [5.41, 5.74) is 0.854. The number of anilines is 1. The van der Waals surface area contributed by atoms with Gasteiger partial charge in [-0.1, -0.05) is 13.8 Å². The minimum Gasteiger partial charge on any atom is -0.396 e. The summed E-state index contributed by atoms with van der Waals surface area (Å²) in [6.07, 6.45) is 0.666. The van der Waals surface area contributed by atoms with Gasteiger partial charge in [-0.3, -0.25) is 0 Å². The maximum absolute atomic E-state index is 12.2. The summed E-state index contributed by atoms with van der Waals surface area (Å²) in [6, 6.07) is 6.70. The molecule has 0 aliphatic carbocycles. The molecule has 0 radical (unpaired) electrons. The van der Waals surface area contributed by atoms with Crippen molar-refractivity contribution in [3.05, 3.63) is 24.3 Å². The van der Waals surface area contributed by atoms with Crippen LogP contribution >= 0.6 is 0 Å². The first kappa shape index (κ1) is 15.9. The molecular weight excluding hydrogens is 264 g/mol. The second kappa shape index (κ2) is 7.47. The van der Waals surface area contributed by atoms with Gasteiger partial charge in [0.15, 0.2) is 0 Å². The van der Waals surface area contributed by atoms with Crippen LogP contribution in [-0.4, -0.2) is 44.1 Å². The first-order valence-electron chi connectivity index (χ1n) is 6.51. The summed E-state index contributed by atoms with van der Waals surface area (Å²) in [5, 5.41) is 11.8. The minimum atomic E-state index is -3.38. The van der Waals surface area contributed by atoms with Crippen molar-refractivity contribution in [2.24, 2.45) is 0 Å². The molecule has 1 aromatic rings. The molecule has 1 rings (SSSR count). The van der Waals surface area contributed by atoms with Crippen molar-refractivity contribution in [1.29, 1.82) is 0 Å². The maximum atomic E-state index is 12.2. The summed E-state index contributed by atoms with van der Waals surface area (Å²) >= 11 is 0. The van der Waals surface area contributed by atoms with E-state index in [-0.39, 0.29) is 6.61 Å². The third-order valence-corrected chi connectivity index (χ3v) is 4.93. The van der Waals surface area contributed by atoms with Gasteiger partial charge in [-0.25, -0.2) is 8.42 Å². The smallest absolute Gasteiger partial charge is 0.243 e. The van der Waals surface area contributed by atoms with Gasteiger partial charge in [0.2, 0.25) is 10.0 Å². The third-order valence-electron chi connectivity index (χ3n) is 2.86. The van der Waals surface area contributed by atoms with E-state index in [0.29, 0.717) is 31.0 Å². The number of nitrogens with one attached hydrogen (secondary N) is 1. The van der Waals surface area contributed by atoms with Gasteiger partial charge in [0.25, 0.3) is 0 Å². The Hall–Kier alpha value is -1.11. The highest BCUT2D eigenvalue weighted by Crippen LogP contribution is 2.18. The van der Waals surface area contributed by atoms with Crippen LogP contribution in [0.15, 0.2) is 29.2 Å². The van der Waals surface area contributed by atoms with Gasteiger partial charge in [-0.05, 0) is 30.7 Å². The van der Waals surface area contributed by atoms with Crippen LogP contribution in [0.3, 0.4) is 0 Å². The Morgan fingerprint density at radius 2 is 1.74 bits per heavy atom. The molecule has 0 aromatic heterocycles. The molecule has 0 spiro atoms. The van der Waals surface area contributed by atoms with Crippen molar-refractivity contribution in [3.8, 4) is 0 Å². The van der Waals surface area contributed by atoms with Crippen LogP contribution in [0.1, 0.15) is 20.3 Å². The number of rotatable bonds is 8. The van der Waals surface area contributed by atoms with Crippen LogP contribution in [-0.2, 0) is 10.0 Å². The van der Waals surface area contributed by atoms with E-state index in [1.54, 1.807) is 24.3 Å². The molecule has 5 nitrogen and oxygen atoms in total. The zero-order valence-electron chi connectivity index (χ0n) is 11.5. The largest absolute Gasteiger partial charge is 0.396 e. The van der Waals surface area contributed by atoms with Gasteiger partial charge in [0.05, 0.1) is 4.90 Å². The molecule has 6 heteroatoms. The third kappa shape index (κ3) is 4.19. The van der Waals surface area contributed by atoms with Gasteiger partial charge in [-0.2, -0.15) is 4.31 Å². The Labute approximate surface area is 115 Å². The van der Waals surface area contributed by atoms with Crippen LogP contribution < -0.4 is 5.32 Å². The molecule has 1 aromatic carbocycles. The standard InChI is InChI=1S/C13H22N2O3S/c1-3-15(4-2)19(17,18)13-8-6-12(7-9-13)14-10-5-11-16/h6-9,14,16H,3-5,10-11H2,1-2H3. The van der Waals surface area contributed by atoms with Crippen LogP contribution in [0.25, 0.3) is 0 Å². The lowest BCUT2D eigenvalue weighted by Gasteiger charge is -2.18. The predicted octanol–water partition coefficient (Wildman–Crippen LogP) is 1.51. The van der Waals surface area contributed by atoms with E-state index in [4.69, 9.17) is 5.11 Å². The van der Waals surface area contributed by atoms with Gasteiger partial charge in [-0.15, -0.1) is 0 Å². The van der Waals surface area contributed by atoms with Gasteiger partial charge in [0.1, 0.15) is 0 Å². The Balaban J connectivity index is 2.80. The second-order valence-electron chi connectivity index (χ2n) is 4.12. The Morgan fingerprint density at radius 3 is 2.21 bits per heavy atom. The Kier molecular flexibility index (Phi) is 6.27. The highest BCUT2D eigenvalue weighted by molar-refractivity contribution is 7.89. The molecule has 0 unspecified atom stereocenters. The second-order valence-corrected chi connectivity index (χ2v) is 6.06. The number of aliphatic hydroxyl groups is 1. The summed E-state index contributed by atoms with van der Waals surface area (Å²) in [5.74, 6) is 0. The Morgan fingerprint density at radius 1 is 1.16 bits per heavy atom. The summed E-state index contributed by atoms with van der Waals surface area (Å²) in [6.45, 7) is 5.39. The SMILES string of the molecule is CCN(CC)S(=O)(=O)c1ccc(NCCCO)cc1. The van der Waals surface area contributed by atoms with E-state index < -0.39 is 10.0 Å². The lowest BCUT2D eigenvalue weighted by atomic mass is 10.3. The molecule has 0 aliphatic rings. The molecule has 0 atom stereocenters. The first-order chi connectivity index (χ1) is 9.06. The highest BCUT2D eigenvalue weighted by Gasteiger charge is 2.20. The number of hydrogen-bond donors (Lipinski definition) is 2. The summed E-state index contributed by atoms with van der Waals surface area (Å²) in [4.78, 5) is 0.309. The van der Waals surface area contributed by atoms with Gasteiger partial charge < -0.3 is 10.4 Å². The molecule has 0 saturated heterocycles. The van der Waals surface area contributed by atoms with E-state index >= 15 is 0 Å². The van der Waals surface area contributed by atoms with E-state index in [0.717, 1.165) is 5.69 Å². The number of aliphatic hydroxyl groups excluding tert-OH is 1. The molecule has 2 N–H and O–H groups in total. The quantitative estimate of drug-likeness (QED) is 0.711. The first-order valence-corrected chi connectivity index (χ1v) is 7.95. The van der Waals surface area contributed by atoms with E-state index in [9.17, 15) is 8.42 Å². The topological polar surface area (TPSA) is 69.6 Å². The molecular formula is C13H22N2O3S. The normalized spacial score (nSPS) is 11.8. The van der Waals surface area contributed by atoms with Crippen LogP contribution in [0.2, 0.25) is 0 Å². The molecule has 0 fully saturated rings. The molecule has 0 bridgehead atoms. The summed E-state index contributed by atoms with van der Waals surface area (Å²) in [7, 11) is -3.38. The van der Waals surface area contributed by atoms with E-state index in [1.165, 1.54) is 4.31 Å². The fourth-order valence-corrected chi connectivity index (χ4v) is 3.23. The average molecular weight is 286 g/mol.